The van der Waals surface area contributed by atoms with Gasteiger partial charge in [-0.15, -0.1) is 0 Å². The van der Waals surface area contributed by atoms with Crippen molar-refractivity contribution >= 4 is 6.09 Å². The van der Waals surface area contributed by atoms with Gasteiger partial charge in [-0.05, 0) is 0 Å². The average Bonchev–Trinajstić information content (AvgIpc) is 1.95. The van der Waals surface area contributed by atoms with Gasteiger partial charge in [0, 0.05) is 0 Å². The van der Waals surface area contributed by atoms with Gasteiger partial charge in [0.15, 0.2) is 0 Å². The second-order valence-electron chi connectivity index (χ2n) is 2.15. The van der Waals surface area contributed by atoms with Crippen molar-refractivity contribution in [3.63, 3.8) is 0 Å². The Morgan fingerprint density at radius 3 is 1.71 bits per heavy atom. The molecule has 0 spiro atoms. The van der Waals surface area contributed by atoms with Crippen molar-refractivity contribution in [1.29, 1.82) is 0 Å². The molecule has 0 aliphatic rings. The van der Waals surface area contributed by atoms with E-state index >= 15 is 0 Å². The fraction of sp³-hybridized carbons (Fsp3) is 0.800. The highest BCUT2D eigenvalue weighted by Crippen LogP contribution is 2.33. The molecule has 0 atom stereocenters. The smallest absolute Gasteiger partial charge is 0.417 e. The van der Waals surface area contributed by atoms with Crippen LogP contribution in [0.25, 0.3) is 0 Å². The van der Waals surface area contributed by atoms with Crippen molar-refractivity contribution in [1.82, 2.24) is 5.32 Å². The molecule has 0 aliphatic heterocycles. The van der Waals surface area contributed by atoms with Gasteiger partial charge in [-0.3, -0.25) is 0 Å². The van der Waals surface area contributed by atoms with E-state index in [1.54, 1.807) is 0 Å². The second kappa shape index (κ2) is 3.93. The summed E-state index contributed by atoms with van der Waals surface area (Å²) in [5, 5.41) is 0.635. The molecule has 0 aromatic heterocycles. The summed E-state index contributed by atoms with van der Waals surface area (Å²) in [6.07, 6.45) is -13.0. The van der Waals surface area contributed by atoms with Crippen LogP contribution in [-0.4, -0.2) is 31.6 Å². The first-order valence-electron chi connectivity index (χ1n) is 3.07. The van der Waals surface area contributed by atoms with Crippen LogP contribution in [0, 0.1) is 0 Å². The zero-order valence-electron chi connectivity index (χ0n) is 6.66. The minimum atomic E-state index is -5.60. The topological polar surface area (TPSA) is 38.3 Å². The molecule has 0 saturated heterocycles. The molecule has 0 fully saturated rings. The summed E-state index contributed by atoms with van der Waals surface area (Å²) in [7, 11) is 0.652. The predicted octanol–water partition coefficient (Wildman–Crippen LogP) is 1.84. The number of ether oxygens (including phenoxy) is 1. The van der Waals surface area contributed by atoms with Gasteiger partial charge in [-0.2, -0.15) is 26.3 Å². The monoisotopic (exact) mass is 225 g/mol. The van der Waals surface area contributed by atoms with Gasteiger partial charge in [0.05, 0.1) is 7.11 Å². The molecule has 0 bridgehead atoms. The Kier molecular flexibility index (Phi) is 3.60. The van der Waals surface area contributed by atoms with E-state index in [4.69, 9.17) is 0 Å². The number of hydrogen-bond acceptors (Lipinski definition) is 2. The van der Waals surface area contributed by atoms with E-state index in [-0.39, 0.29) is 0 Å². The second-order valence-corrected chi connectivity index (χ2v) is 2.15. The molecular weight excluding hydrogens is 220 g/mol. The lowest BCUT2D eigenvalue weighted by Gasteiger charge is -2.22. The minimum Gasteiger partial charge on any atom is -0.453 e. The number of alkyl carbamates (subject to hydrolysis) is 1. The van der Waals surface area contributed by atoms with Gasteiger partial charge >= 0.3 is 18.4 Å². The normalized spacial score (nSPS) is 12.9. The highest BCUT2D eigenvalue weighted by atomic mass is 19.4. The van der Waals surface area contributed by atoms with Crippen molar-refractivity contribution in [2.24, 2.45) is 0 Å². The van der Waals surface area contributed by atoms with E-state index in [1.165, 1.54) is 0 Å². The summed E-state index contributed by atoms with van der Waals surface area (Å²) in [4.78, 5) is 10.2. The third-order valence-corrected chi connectivity index (χ3v) is 1.10. The van der Waals surface area contributed by atoms with Crippen molar-refractivity contribution in [3.05, 3.63) is 0 Å². The van der Waals surface area contributed by atoms with E-state index in [1.807, 2.05) is 0 Å². The third-order valence-electron chi connectivity index (χ3n) is 1.10. The van der Waals surface area contributed by atoms with Crippen molar-refractivity contribution < 1.29 is 35.9 Å². The minimum absolute atomic E-state index is 0.635. The molecule has 3 nitrogen and oxygen atoms in total. The van der Waals surface area contributed by atoms with Crippen LogP contribution in [0.5, 0.6) is 0 Å². The van der Waals surface area contributed by atoms with Crippen LogP contribution in [0.2, 0.25) is 0 Å². The Hall–Kier alpha value is -1.15. The third kappa shape index (κ3) is 3.71. The number of hydrogen-bond donors (Lipinski definition) is 1. The standard InChI is InChI=1S/C5H5F6NO2/c1-14-3(13)12-2(4(6,7)8)5(9,10)11/h2H,1H3,(H,12,13). The van der Waals surface area contributed by atoms with Crippen LogP contribution >= 0.6 is 0 Å². The van der Waals surface area contributed by atoms with Gasteiger partial charge in [0.1, 0.15) is 0 Å². The van der Waals surface area contributed by atoms with Crippen molar-refractivity contribution in [2.45, 2.75) is 18.4 Å². The number of amides is 1. The van der Waals surface area contributed by atoms with Crippen LogP contribution in [0.1, 0.15) is 0 Å². The zero-order valence-corrected chi connectivity index (χ0v) is 6.66. The molecule has 0 aliphatic carbocycles. The summed E-state index contributed by atoms with van der Waals surface area (Å²) in [6, 6.07) is -3.91. The molecule has 14 heavy (non-hydrogen) atoms. The maximum atomic E-state index is 11.7. The molecule has 1 amide bonds. The molecule has 0 heterocycles. The van der Waals surface area contributed by atoms with E-state index < -0.39 is 24.5 Å². The Bertz CT molecular complexity index is 195. The Labute approximate surface area is 74.0 Å². The molecule has 0 unspecified atom stereocenters. The van der Waals surface area contributed by atoms with Crippen molar-refractivity contribution in [2.75, 3.05) is 7.11 Å². The molecular formula is C5H5F6NO2. The van der Waals surface area contributed by atoms with Gasteiger partial charge in [-0.25, -0.2) is 4.79 Å². The maximum absolute atomic E-state index is 11.7. The summed E-state index contributed by atoms with van der Waals surface area (Å²) in [6.45, 7) is 0. The first kappa shape index (κ1) is 12.8. The molecule has 0 rings (SSSR count). The summed E-state index contributed by atoms with van der Waals surface area (Å²) < 4.78 is 74.0. The summed E-state index contributed by atoms with van der Waals surface area (Å²) in [5.74, 6) is 0. The number of alkyl halides is 6. The lowest BCUT2D eigenvalue weighted by molar-refractivity contribution is -0.256. The van der Waals surface area contributed by atoms with Gasteiger partial charge < -0.3 is 10.1 Å². The van der Waals surface area contributed by atoms with Crippen LogP contribution < -0.4 is 5.32 Å². The summed E-state index contributed by atoms with van der Waals surface area (Å²) >= 11 is 0. The number of carbonyl (C=O) groups is 1. The fourth-order valence-corrected chi connectivity index (χ4v) is 0.526. The predicted molar refractivity (Wildman–Crippen MR) is 31.4 cm³/mol. The molecule has 0 saturated carbocycles. The number of halogens is 6. The Morgan fingerprint density at radius 1 is 1.14 bits per heavy atom. The van der Waals surface area contributed by atoms with Crippen LogP contribution in [0.3, 0.4) is 0 Å². The van der Waals surface area contributed by atoms with E-state index in [0.29, 0.717) is 12.4 Å². The van der Waals surface area contributed by atoms with Gasteiger partial charge in [-0.1, -0.05) is 0 Å². The van der Waals surface area contributed by atoms with Gasteiger partial charge in [0.25, 0.3) is 0 Å². The number of methoxy groups -OCH3 is 1. The lowest BCUT2D eigenvalue weighted by atomic mass is 10.3. The number of nitrogens with one attached hydrogen (secondary N) is 1. The fourth-order valence-electron chi connectivity index (χ4n) is 0.526. The molecule has 0 aromatic rings. The zero-order chi connectivity index (χ0) is 11.6. The number of carbonyl (C=O) groups excluding carboxylic acids is 1. The summed E-state index contributed by atoms with van der Waals surface area (Å²) in [5.41, 5.74) is 0. The molecule has 1 N–H and O–H groups in total. The highest BCUT2D eigenvalue weighted by molar-refractivity contribution is 5.67. The molecule has 0 aromatic carbocycles. The van der Waals surface area contributed by atoms with E-state index in [2.05, 4.69) is 4.74 Å². The molecule has 0 radical (unpaired) electrons. The molecule has 9 heteroatoms. The average molecular weight is 225 g/mol. The largest absolute Gasteiger partial charge is 0.453 e. The molecule has 84 valence electrons. The number of rotatable bonds is 1. The van der Waals surface area contributed by atoms with Crippen LogP contribution in [0.15, 0.2) is 0 Å². The Balaban J connectivity index is 4.68. The first-order valence-corrected chi connectivity index (χ1v) is 3.07. The van der Waals surface area contributed by atoms with Crippen LogP contribution in [-0.2, 0) is 4.74 Å². The maximum Gasteiger partial charge on any atom is 0.417 e. The van der Waals surface area contributed by atoms with Crippen LogP contribution in [0.4, 0.5) is 31.1 Å². The van der Waals surface area contributed by atoms with E-state index in [0.717, 1.165) is 0 Å². The van der Waals surface area contributed by atoms with Gasteiger partial charge in [0.2, 0.25) is 6.04 Å². The lowest BCUT2D eigenvalue weighted by Crippen LogP contribution is -2.54. The van der Waals surface area contributed by atoms with E-state index in [9.17, 15) is 31.1 Å². The Morgan fingerprint density at radius 2 is 1.50 bits per heavy atom. The van der Waals surface area contributed by atoms with Crippen molar-refractivity contribution in [3.8, 4) is 0 Å². The highest BCUT2D eigenvalue weighted by Gasteiger charge is 2.57. The first-order chi connectivity index (χ1) is 6.09. The SMILES string of the molecule is COC(=O)NC(C(F)(F)F)C(F)(F)F. The quantitative estimate of drug-likeness (QED) is 0.691.